The Labute approximate surface area is 231 Å². The predicted molar refractivity (Wildman–Crippen MR) is 163 cm³/mol. The normalized spacial score (nSPS) is 26.2. The minimum absolute atomic E-state index is 0.00585. The molecule has 0 fully saturated rings. The molecule has 1 nitrogen and oxygen atoms in total. The third-order valence-corrected chi connectivity index (χ3v) is 9.70. The summed E-state index contributed by atoms with van der Waals surface area (Å²) in [4.78, 5) is 0. The van der Waals surface area contributed by atoms with E-state index in [1.165, 1.54) is 40.7 Å². The monoisotopic (exact) mass is 508 g/mol. The van der Waals surface area contributed by atoms with Gasteiger partial charge in [0.05, 0.1) is 0 Å². The highest BCUT2D eigenvalue weighted by Crippen LogP contribution is 2.55. The predicted octanol–water partition coefficient (Wildman–Crippen LogP) is 9.44. The molecule has 1 N–H and O–H groups in total. The molecular formula is C37H48O. The first-order chi connectivity index (χ1) is 17.4. The highest BCUT2D eigenvalue weighted by molar-refractivity contribution is 5.84. The van der Waals surface area contributed by atoms with Crippen molar-refractivity contribution in [2.45, 2.75) is 105 Å². The van der Waals surface area contributed by atoms with Crippen LogP contribution >= 0.6 is 0 Å². The van der Waals surface area contributed by atoms with E-state index in [0.717, 1.165) is 23.1 Å². The van der Waals surface area contributed by atoms with Crippen LogP contribution in [0.5, 0.6) is 0 Å². The molecule has 2 unspecified atom stereocenters. The van der Waals surface area contributed by atoms with Crippen molar-refractivity contribution in [1.82, 2.24) is 0 Å². The van der Waals surface area contributed by atoms with Crippen molar-refractivity contribution in [1.29, 1.82) is 0 Å². The molecule has 0 aromatic heterocycles. The van der Waals surface area contributed by atoms with Crippen LogP contribution < -0.4 is 0 Å². The minimum atomic E-state index is -1.08. The minimum Gasteiger partial charge on any atom is -0.380 e. The summed E-state index contributed by atoms with van der Waals surface area (Å²) < 4.78 is 0. The zero-order valence-corrected chi connectivity index (χ0v) is 25.4. The van der Waals surface area contributed by atoms with Gasteiger partial charge >= 0.3 is 0 Å². The molecule has 2 aromatic rings. The number of aliphatic hydroxyl groups is 1. The largest absolute Gasteiger partial charge is 0.380 e. The Morgan fingerprint density at radius 2 is 1.37 bits per heavy atom. The van der Waals surface area contributed by atoms with Crippen LogP contribution in [0.1, 0.15) is 110 Å². The maximum absolute atomic E-state index is 13.1. The molecule has 0 saturated carbocycles. The summed E-state index contributed by atoms with van der Waals surface area (Å²) in [6.07, 6.45) is 10.2. The van der Waals surface area contributed by atoms with Crippen LogP contribution in [0.2, 0.25) is 0 Å². The lowest BCUT2D eigenvalue weighted by Gasteiger charge is -2.48. The zero-order valence-electron chi connectivity index (χ0n) is 25.4. The van der Waals surface area contributed by atoms with E-state index < -0.39 is 5.60 Å². The maximum Gasteiger partial charge on any atom is 0.119 e. The first-order valence-corrected chi connectivity index (χ1v) is 14.6. The van der Waals surface area contributed by atoms with Crippen LogP contribution in [0, 0.1) is 16.7 Å². The summed E-state index contributed by atoms with van der Waals surface area (Å²) in [7, 11) is 0. The second-order valence-electron chi connectivity index (χ2n) is 15.6. The van der Waals surface area contributed by atoms with E-state index in [9.17, 15) is 5.11 Å². The Hall–Kier alpha value is -2.38. The molecule has 3 aliphatic carbocycles. The molecule has 0 heterocycles. The third-order valence-electron chi connectivity index (χ3n) is 9.70. The first-order valence-electron chi connectivity index (χ1n) is 14.6. The van der Waals surface area contributed by atoms with Gasteiger partial charge < -0.3 is 5.11 Å². The maximum atomic E-state index is 13.1. The lowest BCUT2D eigenvalue weighted by Crippen LogP contribution is -2.48. The lowest BCUT2D eigenvalue weighted by molar-refractivity contribution is 0.0381. The van der Waals surface area contributed by atoms with Gasteiger partial charge in [0.15, 0.2) is 0 Å². The molecule has 0 spiro atoms. The van der Waals surface area contributed by atoms with Gasteiger partial charge in [-0.25, -0.2) is 0 Å². The molecule has 0 aliphatic heterocycles. The van der Waals surface area contributed by atoms with Gasteiger partial charge in [-0.3, -0.25) is 0 Å². The van der Waals surface area contributed by atoms with Gasteiger partial charge in [-0.2, -0.15) is 0 Å². The van der Waals surface area contributed by atoms with Crippen molar-refractivity contribution in [2.75, 3.05) is 0 Å². The molecule has 38 heavy (non-hydrogen) atoms. The molecule has 3 aliphatic rings. The highest BCUT2D eigenvalue weighted by atomic mass is 16.3. The van der Waals surface area contributed by atoms with E-state index >= 15 is 0 Å². The Morgan fingerprint density at radius 3 is 1.92 bits per heavy atom. The van der Waals surface area contributed by atoms with Gasteiger partial charge in [0.1, 0.15) is 5.60 Å². The van der Waals surface area contributed by atoms with Crippen LogP contribution in [0.3, 0.4) is 0 Å². The van der Waals surface area contributed by atoms with E-state index in [2.05, 4.69) is 130 Å². The second kappa shape index (κ2) is 8.56. The molecule has 0 bridgehead atoms. The van der Waals surface area contributed by atoms with Gasteiger partial charge in [0, 0.05) is 5.92 Å². The van der Waals surface area contributed by atoms with Gasteiger partial charge in [-0.1, -0.05) is 130 Å². The smallest absolute Gasteiger partial charge is 0.119 e. The average molecular weight is 509 g/mol. The van der Waals surface area contributed by atoms with Crippen molar-refractivity contribution in [2.24, 2.45) is 16.7 Å². The highest BCUT2D eigenvalue weighted by Gasteiger charge is 2.51. The molecule has 2 atom stereocenters. The van der Waals surface area contributed by atoms with Crippen LogP contribution in [-0.4, -0.2) is 10.7 Å². The number of fused-ring (bicyclic) bond motifs is 2. The topological polar surface area (TPSA) is 20.2 Å². The van der Waals surface area contributed by atoms with Crippen molar-refractivity contribution in [3.63, 3.8) is 0 Å². The SMILES string of the molecule is CC(C)(C)C1=CC(C(C)(C)C)C(O)(C2=Cc3cc4c(cc3C2)C(C)(C)CCC4(C)C)C(c2ccccc2)=C1. The van der Waals surface area contributed by atoms with Gasteiger partial charge in [0.25, 0.3) is 0 Å². The van der Waals surface area contributed by atoms with Crippen molar-refractivity contribution in [3.8, 4) is 0 Å². The van der Waals surface area contributed by atoms with Gasteiger partial charge in [-0.15, -0.1) is 0 Å². The molecule has 1 heteroatoms. The Morgan fingerprint density at radius 1 is 0.789 bits per heavy atom. The van der Waals surface area contributed by atoms with E-state index in [4.69, 9.17) is 0 Å². The summed E-state index contributed by atoms with van der Waals surface area (Å²) in [6.45, 7) is 23.3. The number of hydrogen-bond donors (Lipinski definition) is 1. The standard InChI is InChI=1S/C37H48O/c1-33(2,3)27-22-29(24-14-12-11-13-15-24)37(38,32(23-27)34(4,5)6)28-18-25-20-30-31(21-26(25)19-28)36(9,10)17-16-35(30,7)8/h11-15,18,20-23,32,38H,16-17,19H2,1-10H3. The van der Waals surface area contributed by atoms with E-state index in [1.54, 1.807) is 0 Å². The lowest BCUT2D eigenvalue weighted by atomic mass is 9.59. The quantitative estimate of drug-likeness (QED) is 0.428. The second-order valence-corrected chi connectivity index (χ2v) is 15.6. The number of allylic oxidation sites excluding steroid dienone is 2. The Kier molecular flexibility index (Phi) is 6.13. The Bertz CT molecular complexity index is 1350. The van der Waals surface area contributed by atoms with Crippen LogP contribution in [0.25, 0.3) is 11.6 Å². The third kappa shape index (κ3) is 4.36. The average Bonchev–Trinajstić information content (AvgIpc) is 3.25. The summed E-state index contributed by atoms with van der Waals surface area (Å²) >= 11 is 0. The Balaban J connectivity index is 1.71. The summed E-state index contributed by atoms with van der Waals surface area (Å²) in [6, 6.07) is 15.5. The summed E-state index contributed by atoms with van der Waals surface area (Å²) in [5, 5.41) is 13.1. The van der Waals surface area contributed by atoms with Gasteiger partial charge in [-0.05, 0) is 85.5 Å². The molecule has 202 valence electrons. The van der Waals surface area contributed by atoms with Crippen LogP contribution in [0.4, 0.5) is 0 Å². The molecule has 0 saturated heterocycles. The first kappa shape index (κ1) is 27.2. The van der Waals surface area contributed by atoms with Crippen molar-refractivity contribution in [3.05, 3.63) is 93.6 Å². The molecule has 0 amide bonds. The molecule has 0 radical (unpaired) electrons. The number of benzene rings is 2. The summed E-state index contributed by atoms with van der Waals surface area (Å²) in [5.41, 5.74) is 9.36. The fourth-order valence-electron chi connectivity index (χ4n) is 7.07. The fourth-order valence-corrected chi connectivity index (χ4v) is 7.07. The van der Waals surface area contributed by atoms with Crippen molar-refractivity contribution >= 4 is 11.6 Å². The van der Waals surface area contributed by atoms with E-state index in [-0.39, 0.29) is 27.6 Å². The van der Waals surface area contributed by atoms with Gasteiger partial charge in [0.2, 0.25) is 0 Å². The van der Waals surface area contributed by atoms with E-state index in [1.807, 2.05) is 0 Å². The van der Waals surface area contributed by atoms with E-state index in [0.29, 0.717) is 0 Å². The fraction of sp³-hybridized carbons (Fsp3) is 0.514. The molecular weight excluding hydrogens is 460 g/mol. The number of hydrogen-bond acceptors (Lipinski definition) is 1. The zero-order chi connectivity index (χ0) is 27.9. The molecule has 5 rings (SSSR count). The number of rotatable bonds is 2. The van der Waals surface area contributed by atoms with Crippen LogP contribution in [0.15, 0.2) is 65.8 Å². The van der Waals surface area contributed by atoms with Crippen molar-refractivity contribution < 1.29 is 5.11 Å². The van der Waals surface area contributed by atoms with Crippen LogP contribution in [-0.2, 0) is 17.3 Å². The molecule has 2 aromatic carbocycles. The summed E-state index contributed by atoms with van der Waals surface area (Å²) in [5.74, 6) is -0.0486.